The number of nitrogens with zero attached hydrogens (tertiary/aromatic N) is 2. The Morgan fingerprint density at radius 2 is 1.96 bits per heavy atom. The van der Waals surface area contributed by atoms with Crippen molar-refractivity contribution in [1.29, 1.82) is 0 Å². The largest absolute Gasteiger partial charge is 0.416 e. The Balaban J connectivity index is 1.81. The van der Waals surface area contributed by atoms with E-state index in [2.05, 4.69) is 10.3 Å². The van der Waals surface area contributed by atoms with Crippen LogP contribution in [0.2, 0.25) is 0 Å². The summed E-state index contributed by atoms with van der Waals surface area (Å²) in [7, 11) is 1.89. The van der Waals surface area contributed by atoms with Gasteiger partial charge in [-0.3, -0.25) is 4.79 Å². The van der Waals surface area contributed by atoms with Gasteiger partial charge in [0, 0.05) is 38.3 Å². The molecule has 0 saturated heterocycles. The zero-order valence-corrected chi connectivity index (χ0v) is 13.6. The topological polar surface area (TPSA) is 46.9 Å². The first-order valence-corrected chi connectivity index (χ1v) is 7.66. The van der Waals surface area contributed by atoms with E-state index in [0.29, 0.717) is 18.5 Å². The van der Waals surface area contributed by atoms with Crippen LogP contribution in [0.5, 0.6) is 0 Å². The number of imidazole rings is 1. The highest BCUT2D eigenvalue weighted by Crippen LogP contribution is 2.30. The van der Waals surface area contributed by atoms with Crippen molar-refractivity contribution in [1.82, 2.24) is 14.9 Å². The Morgan fingerprint density at radius 3 is 2.50 bits per heavy atom. The highest BCUT2D eigenvalue weighted by atomic mass is 19.4. The molecular weight excluding hydrogens is 319 g/mol. The van der Waals surface area contributed by atoms with Crippen LogP contribution in [-0.4, -0.2) is 22.0 Å². The number of hydrogen-bond acceptors (Lipinski definition) is 2. The van der Waals surface area contributed by atoms with E-state index in [9.17, 15) is 18.0 Å². The predicted octanol–water partition coefficient (Wildman–Crippen LogP) is 3.29. The second kappa shape index (κ2) is 7.51. The molecule has 0 aliphatic heterocycles. The van der Waals surface area contributed by atoms with E-state index in [1.807, 2.05) is 18.5 Å². The van der Waals surface area contributed by atoms with Crippen molar-refractivity contribution in [2.75, 3.05) is 6.54 Å². The van der Waals surface area contributed by atoms with Crippen LogP contribution in [0.4, 0.5) is 13.2 Å². The molecule has 7 heteroatoms. The first kappa shape index (κ1) is 18.0. The molecule has 0 aliphatic rings. The summed E-state index contributed by atoms with van der Waals surface area (Å²) in [5, 5.41) is 2.82. The number of rotatable bonds is 6. The lowest BCUT2D eigenvalue weighted by Crippen LogP contribution is -2.27. The third kappa shape index (κ3) is 4.84. The number of carbonyl (C=O) groups excluding carboxylic acids is 1. The molecule has 1 N–H and O–H groups in total. The molecule has 130 valence electrons. The molecule has 1 unspecified atom stereocenters. The Kier molecular flexibility index (Phi) is 5.64. The molecule has 0 saturated carbocycles. The number of nitrogens with one attached hydrogen (secondary N) is 1. The summed E-state index contributed by atoms with van der Waals surface area (Å²) < 4.78 is 39.5. The van der Waals surface area contributed by atoms with Crippen molar-refractivity contribution < 1.29 is 18.0 Å². The fraction of sp³-hybridized carbons (Fsp3) is 0.412. The summed E-state index contributed by atoms with van der Waals surface area (Å²) in [6.07, 6.45) is 0.0133. The molecule has 0 bridgehead atoms. The monoisotopic (exact) mass is 339 g/mol. The average Bonchev–Trinajstić information content (AvgIpc) is 2.92. The van der Waals surface area contributed by atoms with E-state index >= 15 is 0 Å². The maximum Gasteiger partial charge on any atom is 0.416 e. The van der Waals surface area contributed by atoms with Gasteiger partial charge in [-0.25, -0.2) is 4.98 Å². The molecule has 24 heavy (non-hydrogen) atoms. The number of aromatic nitrogens is 2. The van der Waals surface area contributed by atoms with Gasteiger partial charge in [0.1, 0.15) is 0 Å². The smallest absolute Gasteiger partial charge is 0.356 e. The fourth-order valence-electron chi connectivity index (χ4n) is 2.42. The van der Waals surface area contributed by atoms with Crippen LogP contribution in [0.1, 0.15) is 36.1 Å². The molecule has 0 radical (unpaired) electrons. The van der Waals surface area contributed by atoms with Gasteiger partial charge < -0.3 is 9.88 Å². The summed E-state index contributed by atoms with van der Waals surface area (Å²) in [6, 6.07) is 4.95. The van der Waals surface area contributed by atoms with Crippen molar-refractivity contribution in [2.45, 2.75) is 31.9 Å². The van der Waals surface area contributed by atoms with E-state index in [1.54, 1.807) is 12.5 Å². The molecule has 1 aromatic heterocycles. The molecule has 0 spiro atoms. The number of alkyl halides is 3. The SMILES string of the molecule is CC(CC(=O)NCCc1cncn1C)c1ccc(C(F)(F)F)cc1. The lowest BCUT2D eigenvalue weighted by molar-refractivity contribution is -0.137. The quantitative estimate of drug-likeness (QED) is 0.878. The van der Waals surface area contributed by atoms with Crippen molar-refractivity contribution >= 4 is 5.91 Å². The summed E-state index contributed by atoms with van der Waals surface area (Å²) in [4.78, 5) is 16.0. The van der Waals surface area contributed by atoms with Crippen molar-refractivity contribution in [2.24, 2.45) is 7.05 Å². The minimum Gasteiger partial charge on any atom is -0.356 e. The second-order valence-electron chi connectivity index (χ2n) is 5.82. The lowest BCUT2D eigenvalue weighted by Gasteiger charge is -2.13. The minimum atomic E-state index is -4.34. The molecular formula is C17H20F3N3O. The minimum absolute atomic E-state index is 0.121. The van der Waals surface area contributed by atoms with E-state index in [4.69, 9.17) is 0 Å². The van der Waals surface area contributed by atoms with Crippen LogP contribution >= 0.6 is 0 Å². The summed E-state index contributed by atoms with van der Waals surface area (Å²) in [5.41, 5.74) is 1.05. The van der Waals surface area contributed by atoms with Crippen molar-refractivity contribution in [3.8, 4) is 0 Å². The molecule has 1 aromatic carbocycles. The fourth-order valence-corrected chi connectivity index (χ4v) is 2.42. The molecule has 2 aromatic rings. The number of halogens is 3. The number of carbonyl (C=O) groups is 1. The van der Waals surface area contributed by atoms with Gasteiger partial charge in [0.25, 0.3) is 0 Å². The molecule has 0 aliphatic carbocycles. The summed E-state index contributed by atoms with van der Waals surface area (Å²) >= 11 is 0. The molecule has 1 atom stereocenters. The van der Waals surface area contributed by atoms with Crippen molar-refractivity contribution in [3.63, 3.8) is 0 Å². The first-order valence-electron chi connectivity index (χ1n) is 7.66. The number of amides is 1. The van der Waals surface area contributed by atoms with Crippen LogP contribution in [0.3, 0.4) is 0 Å². The summed E-state index contributed by atoms with van der Waals surface area (Å²) in [6.45, 7) is 2.32. The molecule has 0 fully saturated rings. The van der Waals surface area contributed by atoms with Crippen LogP contribution < -0.4 is 5.32 Å². The number of benzene rings is 1. The number of aryl methyl sites for hydroxylation is 1. The third-order valence-corrected chi connectivity index (χ3v) is 3.92. The highest BCUT2D eigenvalue weighted by molar-refractivity contribution is 5.76. The Bertz CT molecular complexity index is 677. The van der Waals surface area contributed by atoms with Crippen molar-refractivity contribution in [3.05, 3.63) is 53.6 Å². The predicted molar refractivity (Wildman–Crippen MR) is 84.4 cm³/mol. The Labute approximate surface area is 138 Å². The second-order valence-corrected chi connectivity index (χ2v) is 5.82. The Hall–Kier alpha value is -2.31. The number of hydrogen-bond donors (Lipinski definition) is 1. The van der Waals surface area contributed by atoms with Gasteiger partial charge >= 0.3 is 6.18 Å². The lowest BCUT2D eigenvalue weighted by atomic mass is 9.96. The maximum atomic E-state index is 12.5. The average molecular weight is 339 g/mol. The maximum absolute atomic E-state index is 12.5. The molecule has 1 amide bonds. The van der Waals surface area contributed by atoms with Gasteiger partial charge in [-0.15, -0.1) is 0 Å². The summed E-state index contributed by atoms with van der Waals surface area (Å²) in [5.74, 6) is -0.270. The van der Waals surface area contributed by atoms with Gasteiger partial charge in [-0.05, 0) is 23.6 Å². The van der Waals surface area contributed by atoms with E-state index in [-0.39, 0.29) is 18.2 Å². The zero-order valence-electron chi connectivity index (χ0n) is 13.6. The normalized spacial score (nSPS) is 12.9. The van der Waals surface area contributed by atoms with E-state index < -0.39 is 11.7 Å². The van der Waals surface area contributed by atoms with Gasteiger partial charge in [0.15, 0.2) is 0 Å². The van der Waals surface area contributed by atoms with E-state index in [0.717, 1.165) is 17.8 Å². The van der Waals surface area contributed by atoms with Crippen LogP contribution in [-0.2, 0) is 24.4 Å². The van der Waals surface area contributed by atoms with Gasteiger partial charge in [-0.1, -0.05) is 19.1 Å². The standard InChI is InChI=1S/C17H20F3N3O/c1-12(13-3-5-14(6-4-13)17(18,19)20)9-16(24)22-8-7-15-10-21-11-23(15)2/h3-6,10-12H,7-9H2,1-2H3,(H,22,24). The van der Waals surface area contributed by atoms with Gasteiger partial charge in [-0.2, -0.15) is 13.2 Å². The van der Waals surface area contributed by atoms with Crippen LogP contribution in [0, 0.1) is 0 Å². The third-order valence-electron chi connectivity index (χ3n) is 3.92. The molecule has 2 rings (SSSR count). The first-order chi connectivity index (χ1) is 11.3. The Morgan fingerprint density at radius 1 is 1.29 bits per heavy atom. The van der Waals surface area contributed by atoms with Gasteiger partial charge in [0.05, 0.1) is 11.9 Å². The molecule has 4 nitrogen and oxygen atoms in total. The van der Waals surface area contributed by atoms with E-state index in [1.165, 1.54) is 12.1 Å². The zero-order chi connectivity index (χ0) is 17.7. The highest BCUT2D eigenvalue weighted by Gasteiger charge is 2.30. The molecule has 1 heterocycles. The van der Waals surface area contributed by atoms with Crippen LogP contribution in [0.15, 0.2) is 36.8 Å². The van der Waals surface area contributed by atoms with Gasteiger partial charge in [0.2, 0.25) is 5.91 Å². The van der Waals surface area contributed by atoms with Crippen LogP contribution in [0.25, 0.3) is 0 Å².